The maximum Gasteiger partial charge on any atom is 0.0410 e. The largest absolute Gasteiger partial charge is 0.310 e. The molecule has 1 heterocycles. The molecule has 0 amide bonds. The Labute approximate surface area is 110 Å². The molecule has 1 aromatic rings. The fourth-order valence-corrected chi connectivity index (χ4v) is 3.36. The molecule has 16 heavy (non-hydrogen) atoms. The number of thioether (sulfide) groups is 1. The molecule has 0 saturated heterocycles. The van der Waals surface area contributed by atoms with Crippen LogP contribution in [0.2, 0.25) is 0 Å². The fraction of sp³-hybridized carbons (Fsp3) is 0.583. The molecule has 1 fully saturated rings. The van der Waals surface area contributed by atoms with Gasteiger partial charge in [0.15, 0.2) is 0 Å². The van der Waals surface area contributed by atoms with Gasteiger partial charge >= 0.3 is 0 Å². The molecule has 2 rings (SSSR count). The van der Waals surface area contributed by atoms with Gasteiger partial charge in [0.05, 0.1) is 0 Å². The maximum atomic E-state index is 4.17. The quantitative estimate of drug-likeness (QED) is 0.924. The van der Waals surface area contributed by atoms with E-state index < -0.39 is 0 Å². The van der Waals surface area contributed by atoms with Crippen LogP contribution in [0.25, 0.3) is 0 Å². The van der Waals surface area contributed by atoms with E-state index in [9.17, 15) is 0 Å². The molecule has 0 spiro atoms. The zero-order chi connectivity index (χ0) is 11.4. The molecule has 4 heteroatoms. The highest BCUT2D eigenvalue weighted by molar-refractivity contribution is 9.10. The molecular weight excluding hydrogens is 284 g/mol. The molecule has 0 radical (unpaired) electrons. The molecule has 1 aromatic heterocycles. The van der Waals surface area contributed by atoms with E-state index in [1.807, 2.05) is 24.2 Å². The summed E-state index contributed by atoms with van der Waals surface area (Å²) in [5.41, 5.74) is 1.25. The van der Waals surface area contributed by atoms with Crippen molar-refractivity contribution < 1.29 is 0 Å². The van der Waals surface area contributed by atoms with E-state index in [0.29, 0.717) is 6.04 Å². The molecule has 2 nitrogen and oxygen atoms in total. The fourth-order valence-electron chi connectivity index (χ4n) is 2.15. The number of halogens is 1. The zero-order valence-corrected chi connectivity index (χ0v) is 11.9. The number of nitrogens with one attached hydrogen (secondary N) is 1. The second-order valence-corrected chi connectivity index (χ2v) is 6.31. The maximum absolute atomic E-state index is 4.17. The van der Waals surface area contributed by atoms with Crippen molar-refractivity contribution >= 4 is 27.7 Å². The molecule has 1 N–H and O–H groups in total. The predicted octanol–water partition coefficient (Wildman–Crippen LogP) is 3.22. The highest BCUT2D eigenvalue weighted by atomic mass is 79.9. The normalized spacial score (nSPS) is 24.9. The van der Waals surface area contributed by atoms with Crippen molar-refractivity contribution in [2.24, 2.45) is 0 Å². The Kier molecular flexibility index (Phi) is 4.67. The Morgan fingerprint density at radius 1 is 1.50 bits per heavy atom. The molecule has 1 saturated carbocycles. The van der Waals surface area contributed by atoms with Crippen LogP contribution < -0.4 is 5.32 Å². The second kappa shape index (κ2) is 6.03. The van der Waals surface area contributed by atoms with Crippen molar-refractivity contribution in [3.05, 3.63) is 28.5 Å². The van der Waals surface area contributed by atoms with E-state index in [1.165, 1.54) is 24.8 Å². The minimum absolute atomic E-state index is 0.691. The van der Waals surface area contributed by atoms with Crippen molar-refractivity contribution in [3.63, 3.8) is 0 Å². The van der Waals surface area contributed by atoms with Gasteiger partial charge in [0.25, 0.3) is 0 Å². The Hall–Kier alpha value is -0.0600. The van der Waals surface area contributed by atoms with Gasteiger partial charge in [-0.15, -0.1) is 0 Å². The smallest absolute Gasteiger partial charge is 0.0410 e. The monoisotopic (exact) mass is 300 g/mol. The van der Waals surface area contributed by atoms with Crippen molar-refractivity contribution in [1.29, 1.82) is 0 Å². The third kappa shape index (κ3) is 3.47. The lowest BCUT2D eigenvalue weighted by Gasteiger charge is -2.12. The zero-order valence-electron chi connectivity index (χ0n) is 9.45. The van der Waals surface area contributed by atoms with Gasteiger partial charge in [0, 0.05) is 34.7 Å². The summed E-state index contributed by atoms with van der Waals surface area (Å²) in [5.74, 6) is 0. The molecular formula is C12H17BrN2S. The molecule has 0 aliphatic heterocycles. The summed E-state index contributed by atoms with van der Waals surface area (Å²) >= 11 is 5.44. The number of rotatable bonds is 4. The van der Waals surface area contributed by atoms with Gasteiger partial charge < -0.3 is 5.32 Å². The van der Waals surface area contributed by atoms with Crippen LogP contribution in [0.1, 0.15) is 24.8 Å². The highest BCUT2D eigenvalue weighted by Gasteiger charge is 2.23. The molecule has 2 atom stereocenters. The minimum atomic E-state index is 0.691. The van der Waals surface area contributed by atoms with E-state index in [0.717, 1.165) is 16.3 Å². The first-order valence-corrected chi connectivity index (χ1v) is 7.71. The van der Waals surface area contributed by atoms with Gasteiger partial charge in [-0.3, -0.25) is 4.98 Å². The van der Waals surface area contributed by atoms with Gasteiger partial charge in [-0.2, -0.15) is 11.8 Å². The number of hydrogen-bond acceptors (Lipinski definition) is 3. The number of aromatic nitrogens is 1. The second-order valence-electron chi connectivity index (χ2n) is 4.26. The minimum Gasteiger partial charge on any atom is -0.310 e. The van der Waals surface area contributed by atoms with Crippen LogP contribution in [0.3, 0.4) is 0 Å². The Morgan fingerprint density at radius 3 is 3.06 bits per heavy atom. The number of pyridine rings is 1. The number of hydrogen-bond donors (Lipinski definition) is 1. The first-order chi connectivity index (χ1) is 7.78. The van der Waals surface area contributed by atoms with E-state index in [4.69, 9.17) is 0 Å². The van der Waals surface area contributed by atoms with Crippen LogP contribution in [0.15, 0.2) is 22.9 Å². The third-order valence-electron chi connectivity index (χ3n) is 3.07. The predicted molar refractivity (Wildman–Crippen MR) is 73.7 cm³/mol. The van der Waals surface area contributed by atoms with Gasteiger partial charge in [-0.05, 0) is 53.1 Å². The summed E-state index contributed by atoms with van der Waals surface area (Å²) < 4.78 is 1.06. The van der Waals surface area contributed by atoms with Crippen LogP contribution in [0.5, 0.6) is 0 Å². The molecule has 0 aromatic carbocycles. The summed E-state index contributed by atoms with van der Waals surface area (Å²) in [6, 6.07) is 2.82. The van der Waals surface area contributed by atoms with Crippen LogP contribution in [0.4, 0.5) is 0 Å². The molecule has 88 valence electrons. The van der Waals surface area contributed by atoms with E-state index >= 15 is 0 Å². The first-order valence-electron chi connectivity index (χ1n) is 5.63. The van der Waals surface area contributed by atoms with Gasteiger partial charge in [-0.1, -0.05) is 0 Å². The topological polar surface area (TPSA) is 24.9 Å². The van der Waals surface area contributed by atoms with E-state index in [-0.39, 0.29) is 0 Å². The van der Waals surface area contributed by atoms with Crippen LogP contribution in [-0.2, 0) is 6.54 Å². The Morgan fingerprint density at radius 2 is 2.38 bits per heavy atom. The van der Waals surface area contributed by atoms with Gasteiger partial charge in [0.1, 0.15) is 0 Å². The molecule has 2 unspecified atom stereocenters. The van der Waals surface area contributed by atoms with Crippen molar-refractivity contribution in [1.82, 2.24) is 10.3 Å². The molecule has 1 aliphatic rings. The Balaban J connectivity index is 1.80. The van der Waals surface area contributed by atoms with Crippen molar-refractivity contribution in [2.75, 3.05) is 6.26 Å². The SMILES string of the molecule is CSC1CCC(NCc2cncc(Br)c2)C1. The van der Waals surface area contributed by atoms with Crippen molar-refractivity contribution in [2.45, 2.75) is 37.1 Å². The number of nitrogens with zero attached hydrogens (tertiary/aromatic N) is 1. The summed E-state index contributed by atoms with van der Waals surface area (Å²) in [6.45, 7) is 0.929. The van der Waals surface area contributed by atoms with E-state index in [1.54, 1.807) is 0 Å². The third-order valence-corrected chi connectivity index (χ3v) is 4.60. The van der Waals surface area contributed by atoms with Crippen LogP contribution >= 0.6 is 27.7 Å². The average Bonchev–Trinajstić information content (AvgIpc) is 2.74. The lowest BCUT2D eigenvalue weighted by Crippen LogP contribution is -2.26. The summed E-state index contributed by atoms with van der Waals surface area (Å²) in [7, 11) is 0. The summed E-state index contributed by atoms with van der Waals surface area (Å²) in [6.07, 6.45) is 9.94. The summed E-state index contributed by atoms with van der Waals surface area (Å²) in [4.78, 5) is 4.17. The van der Waals surface area contributed by atoms with E-state index in [2.05, 4.69) is 38.6 Å². The lowest BCUT2D eigenvalue weighted by atomic mass is 10.2. The van der Waals surface area contributed by atoms with Crippen LogP contribution in [0, 0.1) is 0 Å². The molecule has 1 aliphatic carbocycles. The van der Waals surface area contributed by atoms with Crippen molar-refractivity contribution in [3.8, 4) is 0 Å². The average molecular weight is 301 g/mol. The first kappa shape index (κ1) is 12.4. The van der Waals surface area contributed by atoms with Gasteiger partial charge in [0.2, 0.25) is 0 Å². The standard InChI is InChI=1S/C12H17BrN2S/c1-16-12-3-2-11(5-12)15-7-9-4-10(13)8-14-6-9/h4,6,8,11-12,15H,2-3,5,7H2,1H3. The highest BCUT2D eigenvalue weighted by Crippen LogP contribution is 2.28. The Bertz CT molecular complexity index is 346. The van der Waals surface area contributed by atoms with Gasteiger partial charge in [-0.25, -0.2) is 0 Å². The summed E-state index contributed by atoms with van der Waals surface area (Å²) in [5, 5.41) is 4.47. The molecule has 0 bridgehead atoms. The lowest BCUT2D eigenvalue weighted by molar-refractivity contribution is 0.524. The van der Waals surface area contributed by atoms with Crippen LogP contribution in [-0.4, -0.2) is 22.5 Å².